The number of esters is 3. The molecule has 0 aromatic heterocycles. The highest BCUT2D eigenvalue weighted by Crippen LogP contribution is 2.35. The van der Waals surface area contributed by atoms with Gasteiger partial charge in [0, 0.05) is 36.3 Å². The Morgan fingerprint density at radius 1 is 0.473 bits per heavy atom. The van der Waals surface area contributed by atoms with Gasteiger partial charge in [-0.2, -0.15) is 0 Å². The number of benzene rings is 3. The largest absolute Gasteiger partial charge is 0.464 e. The number of ether oxygens (including phenoxy) is 9. The Kier molecular flexibility index (Phi) is 13.7. The van der Waals surface area contributed by atoms with Crippen LogP contribution >= 0.6 is 0 Å². The molecule has 0 saturated carbocycles. The highest BCUT2D eigenvalue weighted by atomic mass is 16.7. The van der Waals surface area contributed by atoms with E-state index in [-0.39, 0.29) is 79.1 Å². The number of rotatable bonds is 15. The lowest BCUT2D eigenvalue weighted by molar-refractivity contribution is -0.236. The Hall–Kier alpha value is -4.21. The lowest BCUT2D eigenvalue weighted by Gasteiger charge is -2.36. The highest BCUT2D eigenvalue weighted by Gasteiger charge is 2.43. The van der Waals surface area contributed by atoms with Crippen LogP contribution in [0, 0.1) is 16.2 Å². The van der Waals surface area contributed by atoms with Gasteiger partial charge in [0.25, 0.3) is 0 Å². The summed E-state index contributed by atoms with van der Waals surface area (Å²) in [6, 6.07) is 28.6. The fraction of sp³-hybridized carbons (Fsp3) is 0.500. The van der Waals surface area contributed by atoms with E-state index in [4.69, 9.17) is 42.6 Å². The maximum Gasteiger partial charge on any atom is 0.316 e. The van der Waals surface area contributed by atoms with Crippen LogP contribution in [0.5, 0.6) is 0 Å². The zero-order chi connectivity index (χ0) is 38.7. The van der Waals surface area contributed by atoms with Crippen molar-refractivity contribution in [1.29, 1.82) is 0 Å². The summed E-state index contributed by atoms with van der Waals surface area (Å²) in [6.45, 7) is 7.04. The first-order valence-electron chi connectivity index (χ1n) is 18.7. The topological polar surface area (TPSA) is 138 Å². The van der Waals surface area contributed by atoms with E-state index < -0.39 is 53.0 Å². The summed E-state index contributed by atoms with van der Waals surface area (Å²) < 4.78 is 52.4. The molecule has 3 heterocycles. The quantitative estimate of drug-likeness (QED) is 0.149. The Morgan fingerprint density at radius 2 is 0.709 bits per heavy atom. The molecule has 0 amide bonds. The standard InChI is InChI=1S/C42H51NO12/c1-40(25-50-34(51-26-40)31-13-7-4-8-14-31)37(44)47-22-19-43(20-23-48-38(45)41(2)27-52-35(53-28-41)32-15-9-5-10-16-32)21-24-49-39(46)42(3)29-54-36(55-30-42)33-17-11-6-12-18-33/h4-18,34-36H,19-30H2,1-3H3. The fourth-order valence-corrected chi connectivity index (χ4v) is 6.25. The minimum Gasteiger partial charge on any atom is -0.464 e. The van der Waals surface area contributed by atoms with E-state index in [1.54, 1.807) is 20.8 Å². The number of hydrogen-bond donors (Lipinski definition) is 0. The molecular formula is C42H51NO12. The molecule has 13 heteroatoms. The molecule has 0 unspecified atom stereocenters. The first kappa shape index (κ1) is 40.5. The molecule has 0 bridgehead atoms. The Morgan fingerprint density at radius 3 is 0.945 bits per heavy atom. The van der Waals surface area contributed by atoms with Crippen LogP contribution in [0.2, 0.25) is 0 Å². The average molecular weight is 762 g/mol. The normalized spacial score (nSPS) is 28.3. The summed E-state index contributed by atoms with van der Waals surface area (Å²) >= 11 is 0. The van der Waals surface area contributed by atoms with E-state index in [1.807, 2.05) is 95.9 Å². The minimum atomic E-state index is -0.987. The molecule has 3 aromatic carbocycles. The Bertz CT molecular complexity index is 1470. The molecule has 3 aliphatic rings. The second-order valence-electron chi connectivity index (χ2n) is 15.0. The monoisotopic (exact) mass is 761 g/mol. The van der Waals surface area contributed by atoms with Gasteiger partial charge in [-0.05, 0) is 20.8 Å². The molecule has 296 valence electrons. The van der Waals surface area contributed by atoms with Gasteiger partial charge >= 0.3 is 17.9 Å². The van der Waals surface area contributed by atoms with Crippen LogP contribution in [0.3, 0.4) is 0 Å². The number of carbonyl (C=O) groups excluding carboxylic acids is 3. The molecule has 3 aromatic rings. The van der Waals surface area contributed by atoms with Crippen LogP contribution in [0.15, 0.2) is 91.0 Å². The Labute approximate surface area is 322 Å². The van der Waals surface area contributed by atoms with E-state index in [1.165, 1.54) is 0 Å². The van der Waals surface area contributed by atoms with Crippen molar-refractivity contribution in [3.05, 3.63) is 108 Å². The maximum absolute atomic E-state index is 13.2. The highest BCUT2D eigenvalue weighted by molar-refractivity contribution is 5.78. The van der Waals surface area contributed by atoms with Gasteiger partial charge in [-0.25, -0.2) is 0 Å². The summed E-state index contributed by atoms with van der Waals surface area (Å²) in [5.74, 6) is -1.35. The molecular weight excluding hydrogens is 710 g/mol. The summed E-state index contributed by atoms with van der Waals surface area (Å²) in [6.07, 6.45) is -1.66. The molecule has 3 aliphatic heterocycles. The van der Waals surface area contributed by atoms with E-state index >= 15 is 0 Å². The van der Waals surface area contributed by atoms with E-state index in [0.29, 0.717) is 0 Å². The third-order valence-electron chi connectivity index (χ3n) is 9.94. The third kappa shape index (κ3) is 10.6. The molecule has 0 radical (unpaired) electrons. The van der Waals surface area contributed by atoms with Crippen LogP contribution in [-0.4, -0.2) is 102 Å². The van der Waals surface area contributed by atoms with E-state index in [9.17, 15) is 14.4 Å². The van der Waals surface area contributed by atoms with Crippen molar-refractivity contribution in [3.8, 4) is 0 Å². The van der Waals surface area contributed by atoms with Gasteiger partial charge in [-0.3, -0.25) is 19.3 Å². The summed E-state index contributed by atoms with van der Waals surface area (Å²) in [5.41, 5.74) is -0.341. The molecule has 0 spiro atoms. The van der Waals surface area contributed by atoms with Crippen molar-refractivity contribution in [2.45, 2.75) is 39.6 Å². The van der Waals surface area contributed by atoms with Crippen molar-refractivity contribution < 1.29 is 57.0 Å². The molecule has 3 fully saturated rings. The molecule has 0 N–H and O–H groups in total. The van der Waals surface area contributed by atoms with Gasteiger partial charge in [0.2, 0.25) is 0 Å². The minimum absolute atomic E-state index is 0.0406. The summed E-state index contributed by atoms with van der Waals surface area (Å²) in [4.78, 5) is 41.5. The van der Waals surface area contributed by atoms with E-state index in [2.05, 4.69) is 0 Å². The second-order valence-corrected chi connectivity index (χ2v) is 15.0. The molecule has 13 nitrogen and oxygen atoms in total. The van der Waals surface area contributed by atoms with Crippen molar-refractivity contribution in [2.75, 3.05) is 79.1 Å². The summed E-state index contributed by atoms with van der Waals surface area (Å²) in [7, 11) is 0. The zero-order valence-electron chi connectivity index (χ0n) is 31.7. The number of carbonyl (C=O) groups is 3. The van der Waals surface area contributed by atoms with Gasteiger partial charge in [-0.15, -0.1) is 0 Å². The predicted octanol–water partition coefficient (Wildman–Crippen LogP) is 5.17. The van der Waals surface area contributed by atoms with Gasteiger partial charge in [0.05, 0.1) is 39.6 Å². The SMILES string of the molecule is CC1(C(=O)OCCN(CCOC(=O)C2(C)COC(c3ccccc3)OC2)CCOC(=O)C2(C)COC(c3ccccc3)OC2)COC(c2ccccc2)OC1. The van der Waals surface area contributed by atoms with Gasteiger partial charge in [0.15, 0.2) is 18.9 Å². The first-order chi connectivity index (χ1) is 26.6. The molecule has 6 rings (SSSR count). The van der Waals surface area contributed by atoms with Gasteiger partial charge in [0.1, 0.15) is 36.1 Å². The van der Waals surface area contributed by atoms with Crippen LogP contribution in [0.25, 0.3) is 0 Å². The third-order valence-corrected chi connectivity index (χ3v) is 9.94. The molecule has 0 aliphatic carbocycles. The Balaban J connectivity index is 0.983. The lowest BCUT2D eigenvalue weighted by Crippen LogP contribution is -2.46. The zero-order valence-corrected chi connectivity index (χ0v) is 31.7. The van der Waals surface area contributed by atoms with Crippen molar-refractivity contribution >= 4 is 17.9 Å². The lowest BCUT2D eigenvalue weighted by atomic mass is 9.92. The van der Waals surface area contributed by atoms with Crippen molar-refractivity contribution in [3.63, 3.8) is 0 Å². The molecule has 3 saturated heterocycles. The summed E-state index contributed by atoms with van der Waals surface area (Å²) in [5, 5.41) is 0. The first-order valence-corrected chi connectivity index (χ1v) is 18.7. The van der Waals surface area contributed by atoms with Crippen molar-refractivity contribution in [1.82, 2.24) is 4.90 Å². The fourth-order valence-electron chi connectivity index (χ4n) is 6.25. The van der Waals surface area contributed by atoms with Crippen LogP contribution in [0.1, 0.15) is 56.3 Å². The number of hydrogen-bond acceptors (Lipinski definition) is 13. The second kappa shape index (κ2) is 18.6. The average Bonchev–Trinajstić information content (AvgIpc) is 3.22. The maximum atomic E-state index is 13.2. The van der Waals surface area contributed by atoms with Crippen LogP contribution in [-0.2, 0) is 57.0 Å². The van der Waals surface area contributed by atoms with Crippen LogP contribution in [0.4, 0.5) is 0 Å². The van der Waals surface area contributed by atoms with Crippen LogP contribution < -0.4 is 0 Å². The van der Waals surface area contributed by atoms with E-state index in [0.717, 1.165) is 16.7 Å². The predicted molar refractivity (Wildman–Crippen MR) is 197 cm³/mol. The number of nitrogens with zero attached hydrogens (tertiary/aromatic N) is 1. The molecule has 55 heavy (non-hydrogen) atoms. The van der Waals surface area contributed by atoms with Gasteiger partial charge < -0.3 is 42.6 Å². The molecule has 0 atom stereocenters. The van der Waals surface area contributed by atoms with Crippen molar-refractivity contribution in [2.24, 2.45) is 16.2 Å². The van der Waals surface area contributed by atoms with Gasteiger partial charge in [-0.1, -0.05) is 91.0 Å². The smallest absolute Gasteiger partial charge is 0.316 e.